The molecule has 0 aliphatic carbocycles. The number of anilines is 1. The van der Waals surface area contributed by atoms with Crippen LogP contribution < -0.4 is 4.90 Å². The van der Waals surface area contributed by atoms with E-state index in [9.17, 15) is 19.5 Å². The number of para-hydroxylation sites is 1. The van der Waals surface area contributed by atoms with Crippen LogP contribution in [-0.2, 0) is 19.1 Å². The number of ether oxygens (including phenoxy) is 1. The van der Waals surface area contributed by atoms with Crippen molar-refractivity contribution in [3.05, 3.63) is 29.3 Å². The van der Waals surface area contributed by atoms with Crippen molar-refractivity contribution < 1.29 is 24.2 Å². The van der Waals surface area contributed by atoms with Gasteiger partial charge < -0.3 is 19.6 Å². The summed E-state index contributed by atoms with van der Waals surface area (Å²) in [7, 11) is 1.46. The summed E-state index contributed by atoms with van der Waals surface area (Å²) >= 11 is 6.18. The first-order valence-electron chi connectivity index (χ1n) is 8.94. The molecule has 0 radical (unpaired) electrons. The summed E-state index contributed by atoms with van der Waals surface area (Å²) in [5, 5.41) is 10.1. The van der Waals surface area contributed by atoms with Crippen LogP contribution in [0.2, 0.25) is 5.02 Å². The number of carbonyl (C=O) groups is 3. The standard InChI is InChI=1S/C19H23ClN2O5/c1-27-12-19(18(25)26)7-4-8-21(11-19)17(24)13-9-16(23)22(10-13)15-6-3-2-5-14(15)20/h2-3,5-6,13H,4,7-12H2,1H3,(H,25,26). The van der Waals surface area contributed by atoms with Crippen molar-refractivity contribution in [3.63, 3.8) is 0 Å². The SMILES string of the molecule is COCC1(C(=O)O)CCCN(C(=O)C2CC(=O)N(c3ccccc3Cl)C2)C1. The topological polar surface area (TPSA) is 87.1 Å². The Morgan fingerprint density at radius 1 is 1.37 bits per heavy atom. The number of likely N-dealkylation sites (tertiary alicyclic amines) is 1. The Kier molecular flexibility index (Phi) is 5.72. The first-order valence-corrected chi connectivity index (χ1v) is 9.32. The molecule has 0 aromatic heterocycles. The summed E-state index contributed by atoms with van der Waals surface area (Å²) in [5.74, 6) is -1.79. The molecule has 146 valence electrons. The highest BCUT2D eigenvalue weighted by atomic mass is 35.5. The fourth-order valence-corrected chi connectivity index (χ4v) is 4.22. The fraction of sp³-hybridized carbons (Fsp3) is 0.526. The van der Waals surface area contributed by atoms with Crippen molar-refractivity contribution in [2.75, 3.05) is 38.3 Å². The third-order valence-electron chi connectivity index (χ3n) is 5.38. The zero-order chi connectivity index (χ0) is 19.6. The predicted molar refractivity (Wildman–Crippen MR) is 99.7 cm³/mol. The van der Waals surface area contributed by atoms with E-state index in [1.807, 2.05) is 0 Å². The quantitative estimate of drug-likeness (QED) is 0.825. The molecular formula is C19H23ClN2O5. The molecule has 1 aromatic carbocycles. The molecule has 7 nitrogen and oxygen atoms in total. The van der Waals surface area contributed by atoms with E-state index in [-0.39, 0.29) is 37.9 Å². The molecule has 2 aliphatic rings. The van der Waals surface area contributed by atoms with E-state index in [2.05, 4.69) is 0 Å². The Morgan fingerprint density at radius 2 is 2.11 bits per heavy atom. The second-order valence-electron chi connectivity index (χ2n) is 7.24. The van der Waals surface area contributed by atoms with E-state index in [4.69, 9.17) is 16.3 Å². The van der Waals surface area contributed by atoms with Crippen molar-refractivity contribution in [1.29, 1.82) is 0 Å². The summed E-state index contributed by atoms with van der Waals surface area (Å²) in [6.07, 6.45) is 1.16. The van der Waals surface area contributed by atoms with Crippen LogP contribution in [-0.4, -0.2) is 61.1 Å². The van der Waals surface area contributed by atoms with Crippen LogP contribution in [0.4, 0.5) is 5.69 Å². The lowest BCUT2D eigenvalue weighted by molar-refractivity contribution is -0.160. The lowest BCUT2D eigenvalue weighted by Crippen LogP contribution is -2.53. The summed E-state index contributed by atoms with van der Waals surface area (Å²) in [6.45, 7) is 0.907. The average Bonchev–Trinajstić information content (AvgIpc) is 3.03. The van der Waals surface area contributed by atoms with Crippen LogP contribution in [0.5, 0.6) is 0 Å². The number of methoxy groups -OCH3 is 1. The highest BCUT2D eigenvalue weighted by Crippen LogP contribution is 2.35. The molecule has 8 heteroatoms. The molecule has 2 saturated heterocycles. The molecular weight excluding hydrogens is 372 g/mol. The number of rotatable bonds is 5. The fourth-order valence-electron chi connectivity index (χ4n) is 3.98. The van der Waals surface area contributed by atoms with Crippen LogP contribution >= 0.6 is 11.6 Å². The lowest BCUT2D eigenvalue weighted by atomic mass is 9.80. The number of amides is 2. The molecule has 2 aliphatic heterocycles. The van der Waals surface area contributed by atoms with Crippen LogP contribution in [0.25, 0.3) is 0 Å². The Balaban J connectivity index is 1.74. The second-order valence-corrected chi connectivity index (χ2v) is 7.65. The zero-order valence-corrected chi connectivity index (χ0v) is 15.9. The number of hydrogen-bond donors (Lipinski definition) is 1. The van der Waals surface area contributed by atoms with Crippen LogP contribution in [0.3, 0.4) is 0 Å². The zero-order valence-electron chi connectivity index (χ0n) is 15.2. The van der Waals surface area contributed by atoms with E-state index in [1.54, 1.807) is 29.2 Å². The minimum atomic E-state index is -1.09. The van der Waals surface area contributed by atoms with E-state index in [0.717, 1.165) is 0 Å². The van der Waals surface area contributed by atoms with Crippen molar-refractivity contribution in [2.24, 2.45) is 11.3 Å². The number of benzene rings is 1. The van der Waals surface area contributed by atoms with Gasteiger partial charge in [-0.2, -0.15) is 0 Å². The van der Waals surface area contributed by atoms with Crippen LogP contribution in [0.15, 0.2) is 24.3 Å². The first-order chi connectivity index (χ1) is 12.9. The molecule has 3 rings (SSSR count). The summed E-state index contributed by atoms with van der Waals surface area (Å²) in [4.78, 5) is 40.3. The van der Waals surface area contributed by atoms with Crippen molar-refractivity contribution in [1.82, 2.24) is 4.90 Å². The van der Waals surface area contributed by atoms with Gasteiger partial charge in [0.2, 0.25) is 11.8 Å². The lowest BCUT2D eigenvalue weighted by Gasteiger charge is -2.40. The number of nitrogens with zero attached hydrogens (tertiary/aromatic N) is 2. The number of hydrogen-bond acceptors (Lipinski definition) is 4. The van der Waals surface area contributed by atoms with Gasteiger partial charge in [-0.3, -0.25) is 14.4 Å². The van der Waals surface area contributed by atoms with Gasteiger partial charge in [0.1, 0.15) is 5.41 Å². The van der Waals surface area contributed by atoms with Gasteiger partial charge in [0.25, 0.3) is 0 Å². The van der Waals surface area contributed by atoms with Crippen molar-refractivity contribution in [3.8, 4) is 0 Å². The highest BCUT2D eigenvalue weighted by molar-refractivity contribution is 6.33. The first kappa shape index (κ1) is 19.6. The minimum Gasteiger partial charge on any atom is -0.481 e. The molecule has 0 saturated carbocycles. The van der Waals surface area contributed by atoms with Gasteiger partial charge >= 0.3 is 5.97 Å². The Hall–Kier alpha value is -2.12. The number of aliphatic carboxylic acids is 1. The van der Waals surface area contributed by atoms with Crippen molar-refractivity contribution >= 4 is 35.1 Å². The molecule has 27 heavy (non-hydrogen) atoms. The summed E-state index contributed by atoms with van der Waals surface area (Å²) in [6, 6.07) is 7.03. The largest absolute Gasteiger partial charge is 0.481 e. The van der Waals surface area contributed by atoms with Gasteiger partial charge in [-0.25, -0.2) is 0 Å². The van der Waals surface area contributed by atoms with E-state index < -0.39 is 17.3 Å². The maximum Gasteiger partial charge on any atom is 0.313 e. The minimum absolute atomic E-state index is 0.0570. The van der Waals surface area contributed by atoms with E-state index in [1.165, 1.54) is 12.0 Å². The Labute approximate surface area is 162 Å². The van der Waals surface area contributed by atoms with Gasteiger partial charge in [0.15, 0.2) is 0 Å². The Morgan fingerprint density at radius 3 is 2.78 bits per heavy atom. The van der Waals surface area contributed by atoms with Gasteiger partial charge in [-0.1, -0.05) is 23.7 Å². The molecule has 2 unspecified atom stereocenters. The highest BCUT2D eigenvalue weighted by Gasteiger charge is 2.46. The predicted octanol–water partition coefficient (Wildman–Crippen LogP) is 2.03. The molecule has 2 heterocycles. The normalized spacial score (nSPS) is 25.7. The molecule has 1 aromatic rings. The monoisotopic (exact) mass is 394 g/mol. The number of halogens is 1. The molecule has 0 bridgehead atoms. The van der Waals surface area contributed by atoms with Crippen LogP contribution in [0.1, 0.15) is 19.3 Å². The average molecular weight is 395 g/mol. The molecule has 2 amide bonds. The molecule has 1 N–H and O–H groups in total. The number of piperidine rings is 1. The molecule has 2 fully saturated rings. The maximum atomic E-state index is 13.0. The van der Waals surface area contributed by atoms with Crippen LogP contribution in [0, 0.1) is 11.3 Å². The number of carboxylic acid groups (broad SMARTS) is 1. The Bertz CT molecular complexity index is 751. The number of carboxylic acids is 1. The van der Waals surface area contributed by atoms with Gasteiger partial charge in [0.05, 0.1) is 23.2 Å². The maximum absolute atomic E-state index is 13.0. The second kappa shape index (κ2) is 7.86. The number of carbonyl (C=O) groups excluding carboxylic acids is 2. The third-order valence-corrected chi connectivity index (χ3v) is 5.70. The molecule has 2 atom stereocenters. The van der Waals surface area contributed by atoms with E-state index in [0.29, 0.717) is 30.1 Å². The van der Waals surface area contributed by atoms with E-state index >= 15 is 0 Å². The van der Waals surface area contributed by atoms with Gasteiger partial charge in [-0.05, 0) is 25.0 Å². The molecule has 0 spiro atoms. The summed E-state index contributed by atoms with van der Waals surface area (Å²) < 4.78 is 5.11. The third kappa shape index (κ3) is 3.80. The van der Waals surface area contributed by atoms with Gasteiger partial charge in [-0.15, -0.1) is 0 Å². The summed E-state index contributed by atoms with van der Waals surface area (Å²) in [5.41, 5.74) is -0.495. The van der Waals surface area contributed by atoms with Crippen molar-refractivity contribution in [2.45, 2.75) is 19.3 Å². The van der Waals surface area contributed by atoms with Gasteiger partial charge in [0, 0.05) is 33.2 Å². The smallest absolute Gasteiger partial charge is 0.313 e.